The topological polar surface area (TPSA) is 32.3 Å². The summed E-state index contributed by atoms with van der Waals surface area (Å²) in [5.41, 5.74) is 3.78. The van der Waals surface area contributed by atoms with Crippen LogP contribution in [0.15, 0.2) is 48.5 Å². The van der Waals surface area contributed by atoms with Gasteiger partial charge in [0, 0.05) is 11.1 Å². The van der Waals surface area contributed by atoms with Crippen molar-refractivity contribution in [2.24, 2.45) is 0 Å². The summed E-state index contributed by atoms with van der Waals surface area (Å²) in [5, 5.41) is 3.26. The third-order valence-electron chi connectivity index (χ3n) is 5.12. The molecule has 0 saturated heterocycles. The van der Waals surface area contributed by atoms with Gasteiger partial charge >= 0.3 is 0 Å². The number of amides is 1. The minimum atomic E-state index is -0.227. The van der Waals surface area contributed by atoms with Gasteiger partial charge in [-0.1, -0.05) is 42.5 Å². The van der Waals surface area contributed by atoms with Crippen molar-refractivity contribution in [2.45, 2.75) is 39.3 Å². The van der Waals surface area contributed by atoms with Gasteiger partial charge in [0.25, 0.3) is 5.91 Å². The third kappa shape index (κ3) is 3.68. The Morgan fingerprint density at radius 3 is 2.21 bits per heavy atom. The number of hydrogen-bond donors (Lipinski definition) is 1. The van der Waals surface area contributed by atoms with Gasteiger partial charge in [0.05, 0.1) is 6.04 Å². The molecule has 1 amide bonds. The highest BCUT2D eigenvalue weighted by Crippen LogP contribution is 2.30. The number of carbonyl (C=O) groups is 1. The zero-order chi connectivity index (χ0) is 17.9. The molecular weight excluding hydrogens is 296 g/mol. The van der Waals surface area contributed by atoms with Crippen molar-refractivity contribution in [3.05, 3.63) is 70.8 Å². The molecule has 1 atom stereocenters. The molecule has 1 N–H and O–H groups in total. The molecule has 0 saturated carbocycles. The molecule has 0 aromatic heterocycles. The van der Waals surface area contributed by atoms with Crippen LogP contribution in [0.3, 0.4) is 0 Å². The molecule has 0 unspecified atom stereocenters. The Kier molecular flexibility index (Phi) is 5.45. The summed E-state index contributed by atoms with van der Waals surface area (Å²) in [4.78, 5) is 15.1. The Morgan fingerprint density at radius 2 is 1.62 bits per heavy atom. The van der Waals surface area contributed by atoms with Gasteiger partial charge in [-0.2, -0.15) is 0 Å². The van der Waals surface area contributed by atoms with E-state index < -0.39 is 0 Å². The molecule has 0 aliphatic heterocycles. The van der Waals surface area contributed by atoms with E-state index >= 15 is 0 Å². The Morgan fingerprint density at radius 1 is 1.00 bits per heavy atom. The molecule has 0 aliphatic rings. The predicted octanol–water partition coefficient (Wildman–Crippen LogP) is 4.11. The van der Waals surface area contributed by atoms with Crippen molar-refractivity contribution in [1.29, 1.82) is 0 Å². The minimum absolute atomic E-state index is 0.0278. The van der Waals surface area contributed by atoms with Crippen molar-refractivity contribution in [3.63, 3.8) is 0 Å². The fourth-order valence-electron chi connectivity index (χ4n) is 2.78. The first kappa shape index (κ1) is 18.2. The molecule has 3 heteroatoms. The first-order valence-corrected chi connectivity index (χ1v) is 8.34. The van der Waals surface area contributed by atoms with Crippen molar-refractivity contribution < 1.29 is 4.79 Å². The number of likely N-dealkylation sites (N-methyl/N-ethyl adjacent to an activating group) is 1. The first-order valence-electron chi connectivity index (χ1n) is 8.34. The summed E-state index contributed by atoms with van der Waals surface area (Å²) in [6.45, 7) is 8.32. The maximum Gasteiger partial charge on any atom is 0.252 e. The van der Waals surface area contributed by atoms with Crippen molar-refractivity contribution >= 4 is 5.91 Å². The highest BCUT2D eigenvalue weighted by atomic mass is 16.1. The van der Waals surface area contributed by atoms with E-state index in [9.17, 15) is 4.79 Å². The molecule has 0 aliphatic carbocycles. The third-order valence-corrected chi connectivity index (χ3v) is 5.12. The van der Waals surface area contributed by atoms with E-state index in [2.05, 4.69) is 36.2 Å². The van der Waals surface area contributed by atoms with E-state index in [0.29, 0.717) is 0 Å². The van der Waals surface area contributed by atoms with E-state index in [-0.39, 0.29) is 17.5 Å². The molecule has 0 heterocycles. The second kappa shape index (κ2) is 7.18. The SMILES string of the molecule is Cc1cccc(C(=O)N[C@@H](c2ccccc2)C(C)(C)N(C)C)c1C. The zero-order valence-electron chi connectivity index (χ0n) is 15.6. The van der Waals surface area contributed by atoms with Crippen LogP contribution in [0, 0.1) is 13.8 Å². The average Bonchev–Trinajstić information content (AvgIpc) is 2.55. The van der Waals surface area contributed by atoms with E-state index in [1.807, 2.05) is 64.3 Å². The highest BCUT2D eigenvalue weighted by molar-refractivity contribution is 5.96. The van der Waals surface area contributed by atoms with Crippen LogP contribution in [0.5, 0.6) is 0 Å². The second-order valence-corrected chi connectivity index (χ2v) is 7.11. The number of nitrogens with zero attached hydrogens (tertiary/aromatic N) is 1. The summed E-state index contributed by atoms with van der Waals surface area (Å²) >= 11 is 0. The Labute approximate surface area is 145 Å². The summed E-state index contributed by atoms with van der Waals surface area (Å²) in [6, 6.07) is 15.9. The smallest absolute Gasteiger partial charge is 0.252 e. The summed E-state index contributed by atoms with van der Waals surface area (Å²) in [7, 11) is 4.08. The Balaban J connectivity index is 2.39. The summed E-state index contributed by atoms with van der Waals surface area (Å²) < 4.78 is 0. The lowest BCUT2D eigenvalue weighted by atomic mass is 9.87. The maximum absolute atomic E-state index is 12.9. The van der Waals surface area contributed by atoms with E-state index in [1.165, 1.54) is 0 Å². The van der Waals surface area contributed by atoms with Crippen LogP contribution in [-0.4, -0.2) is 30.4 Å². The van der Waals surface area contributed by atoms with E-state index in [1.54, 1.807) is 0 Å². The van der Waals surface area contributed by atoms with Gasteiger partial charge < -0.3 is 10.2 Å². The molecule has 24 heavy (non-hydrogen) atoms. The molecule has 2 rings (SSSR count). The molecule has 128 valence electrons. The van der Waals surface area contributed by atoms with Crippen LogP contribution in [0.25, 0.3) is 0 Å². The Bertz CT molecular complexity index is 705. The molecule has 3 nitrogen and oxygen atoms in total. The highest BCUT2D eigenvalue weighted by Gasteiger charge is 2.34. The lowest BCUT2D eigenvalue weighted by Crippen LogP contribution is -2.50. The predicted molar refractivity (Wildman–Crippen MR) is 100 cm³/mol. The largest absolute Gasteiger partial charge is 0.343 e. The summed E-state index contributed by atoms with van der Waals surface area (Å²) in [5.74, 6) is -0.0278. The van der Waals surface area contributed by atoms with Crippen LogP contribution in [0.2, 0.25) is 0 Å². The molecule has 2 aromatic carbocycles. The molecular formula is C21H28N2O. The van der Waals surface area contributed by atoms with Crippen molar-refractivity contribution in [1.82, 2.24) is 10.2 Å². The lowest BCUT2D eigenvalue weighted by Gasteiger charge is -2.41. The number of rotatable bonds is 5. The quantitative estimate of drug-likeness (QED) is 0.897. The van der Waals surface area contributed by atoms with Crippen LogP contribution < -0.4 is 5.32 Å². The van der Waals surface area contributed by atoms with Crippen molar-refractivity contribution in [3.8, 4) is 0 Å². The normalized spacial score (nSPS) is 13.0. The fraction of sp³-hybridized carbons (Fsp3) is 0.381. The van der Waals surface area contributed by atoms with E-state index in [4.69, 9.17) is 0 Å². The molecule has 0 spiro atoms. The Hall–Kier alpha value is -2.13. The van der Waals surface area contributed by atoms with Crippen LogP contribution in [-0.2, 0) is 0 Å². The van der Waals surface area contributed by atoms with Crippen LogP contribution in [0.1, 0.15) is 46.9 Å². The maximum atomic E-state index is 12.9. The lowest BCUT2D eigenvalue weighted by molar-refractivity contribution is 0.0839. The molecule has 0 bridgehead atoms. The van der Waals surface area contributed by atoms with Crippen molar-refractivity contribution in [2.75, 3.05) is 14.1 Å². The summed E-state index contributed by atoms with van der Waals surface area (Å²) in [6.07, 6.45) is 0. The average molecular weight is 324 g/mol. The second-order valence-electron chi connectivity index (χ2n) is 7.11. The molecule has 0 radical (unpaired) electrons. The monoisotopic (exact) mass is 324 g/mol. The van der Waals surface area contributed by atoms with Crippen LogP contribution in [0.4, 0.5) is 0 Å². The van der Waals surface area contributed by atoms with Gasteiger partial charge in [-0.05, 0) is 64.5 Å². The number of nitrogens with one attached hydrogen (secondary N) is 1. The van der Waals surface area contributed by atoms with Gasteiger partial charge in [0.2, 0.25) is 0 Å². The van der Waals surface area contributed by atoms with E-state index in [0.717, 1.165) is 22.3 Å². The number of aryl methyl sites for hydroxylation is 1. The van der Waals surface area contributed by atoms with Gasteiger partial charge in [0.1, 0.15) is 0 Å². The number of benzene rings is 2. The molecule has 0 fully saturated rings. The number of carbonyl (C=O) groups excluding carboxylic acids is 1. The van der Waals surface area contributed by atoms with Gasteiger partial charge in [-0.3, -0.25) is 4.79 Å². The molecule has 2 aromatic rings. The minimum Gasteiger partial charge on any atom is -0.343 e. The van der Waals surface area contributed by atoms with Gasteiger partial charge in [0.15, 0.2) is 0 Å². The van der Waals surface area contributed by atoms with Crippen LogP contribution >= 0.6 is 0 Å². The fourth-order valence-corrected chi connectivity index (χ4v) is 2.78. The first-order chi connectivity index (χ1) is 11.2. The van der Waals surface area contributed by atoms with Gasteiger partial charge in [-0.15, -0.1) is 0 Å². The van der Waals surface area contributed by atoms with Gasteiger partial charge in [-0.25, -0.2) is 0 Å². The standard InChI is InChI=1S/C21H28N2O/c1-15-11-10-14-18(16(15)2)20(24)22-19(21(3,4)23(5)6)17-12-8-7-9-13-17/h7-14,19H,1-6H3,(H,22,24)/t19-/m0/s1. The zero-order valence-corrected chi connectivity index (χ0v) is 15.6. The number of hydrogen-bond acceptors (Lipinski definition) is 2.